The van der Waals surface area contributed by atoms with Gasteiger partial charge in [-0.15, -0.1) is 0 Å². The largest absolute Gasteiger partial charge is 0.458 e. The maximum Gasteiger partial charge on any atom is 0.312 e. The number of fused-ring (bicyclic) bond motifs is 1. The Morgan fingerprint density at radius 3 is 2.46 bits per heavy atom. The van der Waals surface area contributed by atoms with E-state index in [1.807, 2.05) is 6.92 Å². The second-order valence-corrected chi connectivity index (χ2v) is 10.3. The molecular formula is C20H30O4. The third-order valence-corrected chi connectivity index (χ3v) is 7.25. The zero-order valence-electron chi connectivity index (χ0n) is 15.7. The molecule has 0 aromatic carbocycles. The van der Waals surface area contributed by atoms with Crippen LogP contribution in [0.15, 0.2) is 0 Å². The van der Waals surface area contributed by atoms with Crippen molar-refractivity contribution < 1.29 is 19.1 Å². The normalized spacial score (nSPS) is 44.3. The van der Waals surface area contributed by atoms with Crippen molar-refractivity contribution in [2.45, 2.75) is 66.6 Å². The van der Waals surface area contributed by atoms with Gasteiger partial charge < -0.3 is 9.47 Å². The van der Waals surface area contributed by atoms with Gasteiger partial charge in [-0.3, -0.25) is 9.59 Å². The number of carbonyl (C=O) groups excluding carboxylic acids is 2. The van der Waals surface area contributed by atoms with Crippen LogP contribution in [0.25, 0.3) is 0 Å². The first-order valence-electron chi connectivity index (χ1n) is 9.46. The van der Waals surface area contributed by atoms with Gasteiger partial charge in [-0.25, -0.2) is 0 Å². The Morgan fingerprint density at radius 1 is 1.21 bits per heavy atom. The Morgan fingerprint density at radius 2 is 1.88 bits per heavy atom. The molecule has 1 heterocycles. The van der Waals surface area contributed by atoms with E-state index in [9.17, 15) is 9.59 Å². The van der Waals surface area contributed by atoms with E-state index in [0.29, 0.717) is 23.7 Å². The summed E-state index contributed by atoms with van der Waals surface area (Å²) in [6, 6.07) is 0. The summed E-state index contributed by atoms with van der Waals surface area (Å²) in [5.41, 5.74) is -0.452. The molecule has 4 heteroatoms. The summed E-state index contributed by atoms with van der Waals surface area (Å²) in [4.78, 5) is 25.2. The molecule has 8 atom stereocenters. The Bertz CT molecular complexity index is 589. The van der Waals surface area contributed by atoms with Crippen LogP contribution in [0.3, 0.4) is 0 Å². The topological polar surface area (TPSA) is 52.6 Å². The van der Waals surface area contributed by atoms with Gasteiger partial charge in [0.25, 0.3) is 0 Å². The fourth-order valence-corrected chi connectivity index (χ4v) is 5.99. The monoisotopic (exact) mass is 334 g/mol. The molecule has 1 saturated heterocycles. The first-order chi connectivity index (χ1) is 11.0. The minimum atomic E-state index is -0.508. The second kappa shape index (κ2) is 4.76. The van der Waals surface area contributed by atoms with Crippen LogP contribution >= 0.6 is 0 Å². The zero-order valence-corrected chi connectivity index (χ0v) is 15.7. The van der Waals surface area contributed by atoms with Crippen LogP contribution in [0, 0.1) is 46.3 Å². The third kappa shape index (κ3) is 2.10. The predicted molar refractivity (Wildman–Crippen MR) is 88.8 cm³/mol. The highest BCUT2D eigenvalue weighted by Gasteiger charge is 2.79. The lowest BCUT2D eigenvalue weighted by Gasteiger charge is -2.38. The first-order valence-corrected chi connectivity index (χ1v) is 9.46. The van der Waals surface area contributed by atoms with Crippen LogP contribution in [-0.4, -0.2) is 24.1 Å². The lowest BCUT2D eigenvalue weighted by Crippen LogP contribution is -2.43. The van der Waals surface area contributed by atoms with E-state index in [-0.39, 0.29) is 41.4 Å². The molecule has 134 valence electrons. The number of ether oxygens (including phenoxy) is 2. The Hall–Kier alpha value is -1.06. The van der Waals surface area contributed by atoms with Crippen LogP contribution in [0.1, 0.15) is 54.4 Å². The molecule has 0 N–H and O–H groups in total. The number of rotatable bonds is 4. The van der Waals surface area contributed by atoms with Crippen LogP contribution in [0.4, 0.5) is 0 Å². The van der Waals surface area contributed by atoms with E-state index in [1.54, 1.807) is 0 Å². The van der Waals surface area contributed by atoms with Crippen molar-refractivity contribution in [2.24, 2.45) is 46.3 Å². The minimum Gasteiger partial charge on any atom is -0.458 e. The van der Waals surface area contributed by atoms with Gasteiger partial charge in [0.1, 0.15) is 12.2 Å². The third-order valence-electron chi connectivity index (χ3n) is 7.25. The minimum absolute atomic E-state index is 0.0553. The molecule has 4 fully saturated rings. The highest BCUT2D eigenvalue weighted by molar-refractivity contribution is 5.79. The van der Waals surface area contributed by atoms with Crippen molar-refractivity contribution in [2.75, 3.05) is 0 Å². The van der Waals surface area contributed by atoms with Gasteiger partial charge in [0.15, 0.2) is 0 Å². The standard InChI is InChI=1S/C20H30O4/c1-9(2)20(6,8-19(3,4)5)18(22)24-16-13-10-7-11-14(12(10)13)15(16)23-17(11)21/h9-16H,7-8H2,1-6H3. The zero-order chi connectivity index (χ0) is 17.6. The molecule has 0 aromatic rings. The molecule has 8 unspecified atom stereocenters. The summed E-state index contributed by atoms with van der Waals surface area (Å²) in [5.74, 6) is 2.04. The number of hydrogen-bond acceptors (Lipinski definition) is 4. The molecule has 4 nitrogen and oxygen atoms in total. The van der Waals surface area contributed by atoms with E-state index >= 15 is 0 Å². The average Bonchev–Trinajstić information content (AvgIpc) is 2.72. The van der Waals surface area contributed by atoms with E-state index in [2.05, 4.69) is 34.6 Å². The summed E-state index contributed by atoms with van der Waals surface area (Å²) in [5, 5.41) is 0. The Balaban J connectivity index is 1.53. The molecule has 24 heavy (non-hydrogen) atoms. The molecule has 1 aliphatic heterocycles. The summed E-state index contributed by atoms with van der Waals surface area (Å²) in [7, 11) is 0. The Kier molecular flexibility index (Phi) is 3.26. The number of esters is 2. The van der Waals surface area contributed by atoms with Gasteiger partial charge >= 0.3 is 11.9 Å². The van der Waals surface area contributed by atoms with Crippen LogP contribution in [-0.2, 0) is 19.1 Å². The fraction of sp³-hybridized carbons (Fsp3) is 0.900. The SMILES string of the molecule is CC(C)C(C)(CC(C)(C)C)C(=O)OC1C2OC(=O)C3CC4C1C4C32. The highest BCUT2D eigenvalue weighted by Crippen LogP contribution is 2.73. The van der Waals surface area contributed by atoms with E-state index in [1.165, 1.54) is 0 Å². The van der Waals surface area contributed by atoms with E-state index in [0.717, 1.165) is 12.8 Å². The molecule has 0 radical (unpaired) electrons. The second-order valence-electron chi connectivity index (χ2n) is 10.3. The molecule has 4 aliphatic rings. The molecule has 4 rings (SSSR count). The summed E-state index contributed by atoms with van der Waals surface area (Å²) in [6.45, 7) is 12.7. The lowest BCUT2D eigenvalue weighted by molar-refractivity contribution is -0.176. The lowest BCUT2D eigenvalue weighted by atomic mass is 9.68. The molecule has 0 amide bonds. The van der Waals surface area contributed by atoms with E-state index < -0.39 is 5.41 Å². The highest BCUT2D eigenvalue weighted by atomic mass is 16.6. The van der Waals surface area contributed by atoms with Crippen molar-refractivity contribution in [3.05, 3.63) is 0 Å². The number of carbonyl (C=O) groups is 2. The fourth-order valence-electron chi connectivity index (χ4n) is 5.99. The van der Waals surface area contributed by atoms with Gasteiger partial charge in [-0.05, 0) is 42.9 Å². The molecule has 0 spiro atoms. The molecule has 3 aliphatic carbocycles. The van der Waals surface area contributed by atoms with Gasteiger partial charge in [-0.1, -0.05) is 34.6 Å². The Labute approximate surface area is 144 Å². The maximum atomic E-state index is 13.1. The predicted octanol–water partition coefficient (Wildman–Crippen LogP) is 3.43. The van der Waals surface area contributed by atoms with Gasteiger partial charge in [-0.2, -0.15) is 0 Å². The average molecular weight is 334 g/mol. The molecule has 0 bridgehead atoms. The van der Waals surface area contributed by atoms with Crippen LogP contribution < -0.4 is 0 Å². The van der Waals surface area contributed by atoms with Crippen molar-refractivity contribution >= 4 is 11.9 Å². The van der Waals surface area contributed by atoms with Crippen LogP contribution in [0.2, 0.25) is 0 Å². The molecule has 0 aromatic heterocycles. The van der Waals surface area contributed by atoms with Crippen molar-refractivity contribution in [3.8, 4) is 0 Å². The van der Waals surface area contributed by atoms with Gasteiger partial charge in [0.05, 0.1) is 11.3 Å². The summed E-state index contributed by atoms with van der Waals surface area (Å²) in [6.07, 6.45) is 1.36. The van der Waals surface area contributed by atoms with Gasteiger partial charge in [0.2, 0.25) is 0 Å². The number of hydrogen-bond donors (Lipinski definition) is 0. The van der Waals surface area contributed by atoms with Crippen molar-refractivity contribution in [3.63, 3.8) is 0 Å². The quantitative estimate of drug-likeness (QED) is 0.739. The van der Waals surface area contributed by atoms with Crippen molar-refractivity contribution in [1.29, 1.82) is 0 Å². The van der Waals surface area contributed by atoms with Gasteiger partial charge in [0, 0.05) is 11.8 Å². The smallest absolute Gasteiger partial charge is 0.312 e. The maximum absolute atomic E-state index is 13.1. The first kappa shape index (κ1) is 16.4. The van der Waals surface area contributed by atoms with E-state index in [4.69, 9.17) is 9.47 Å². The van der Waals surface area contributed by atoms with Crippen LogP contribution in [0.5, 0.6) is 0 Å². The van der Waals surface area contributed by atoms with Crippen molar-refractivity contribution in [1.82, 2.24) is 0 Å². The molecular weight excluding hydrogens is 304 g/mol. The molecule has 3 saturated carbocycles. The summed E-state index contributed by atoms with van der Waals surface area (Å²) < 4.78 is 11.7. The summed E-state index contributed by atoms with van der Waals surface area (Å²) >= 11 is 0.